The second-order valence-electron chi connectivity index (χ2n) is 17.8. The van der Waals surface area contributed by atoms with E-state index in [1.807, 2.05) is 0 Å². The number of para-hydroxylation sites is 2. The van der Waals surface area contributed by atoms with Gasteiger partial charge in [-0.05, 0) is 131 Å². The second-order valence-corrected chi connectivity index (χ2v) is 17.8. The summed E-state index contributed by atoms with van der Waals surface area (Å²) in [6.07, 6.45) is 6.85. The molecule has 12 rings (SSSR count). The normalized spacial score (nSPS) is 15.4. The zero-order valence-corrected chi connectivity index (χ0v) is 36.7. The molecule has 0 N–H and O–H groups in total. The van der Waals surface area contributed by atoms with Gasteiger partial charge in [-0.1, -0.05) is 193 Å². The van der Waals surface area contributed by atoms with Crippen molar-refractivity contribution >= 4 is 38.9 Å². The molecule has 0 spiro atoms. The molecule has 1 unspecified atom stereocenters. The largest absolute Gasteiger partial charge is 0.311 e. The number of hydrogen-bond donors (Lipinski definition) is 0. The van der Waals surface area contributed by atoms with E-state index in [4.69, 9.17) is 0 Å². The molecule has 0 saturated heterocycles. The molecule has 0 radical (unpaired) electrons. The van der Waals surface area contributed by atoms with Crippen molar-refractivity contribution in [3.63, 3.8) is 0 Å². The summed E-state index contributed by atoms with van der Waals surface area (Å²) in [5, 5.41) is 2.59. The maximum atomic E-state index is 2.54. The Morgan fingerprint density at radius 1 is 0.415 bits per heavy atom. The summed E-state index contributed by atoms with van der Waals surface area (Å²) in [6, 6.07) is 80.8. The Morgan fingerprint density at radius 3 is 1.52 bits per heavy atom. The van der Waals surface area contributed by atoms with Crippen molar-refractivity contribution in [3.05, 3.63) is 264 Å². The van der Waals surface area contributed by atoms with E-state index >= 15 is 0 Å². The van der Waals surface area contributed by atoms with Crippen LogP contribution in [0.25, 0.3) is 60.9 Å². The summed E-state index contributed by atoms with van der Waals surface area (Å²) in [6.45, 7) is 4.46. The van der Waals surface area contributed by atoms with Crippen molar-refractivity contribution in [2.75, 3.05) is 4.90 Å². The van der Waals surface area contributed by atoms with E-state index in [0.29, 0.717) is 0 Å². The van der Waals surface area contributed by atoms with Gasteiger partial charge in [0, 0.05) is 27.8 Å². The molecule has 1 atom stereocenters. The summed E-state index contributed by atoms with van der Waals surface area (Å²) in [5.74, 6) is 0. The molecule has 9 aromatic carbocycles. The lowest BCUT2D eigenvalue weighted by Gasteiger charge is -2.44. The molecule has 1 aliphatic heterocycles. The molecule has 2 heteroatoms. The molecule has 1 aromatic heterocycles. The van der Waals surface area contributed by atoms with Gasteiger partial charge in [0.05, 0.1) is 22.1 Å². The molecule has 2 nitrogen and oxygen atoms in total. The average molecular weight is 833 g/mol. The number of nitrogens with zero attached hydrogens (tertiary/aromatic N) is 2. The van der Waals surface area contributed by atoms with E-state index in [9.17, 15) is 0 Å². The monoisotopic (exact) mass is 832 g/mol. The van der Waals surface area contributed by atoms with Gasteiger partial charge in [0.25, 0.3) is 0 Å². The number of fused-ring (bicyclic) bond motifs is 5. The third kappa shape index (κ3) is 6.39. The Labute approximate surface area is 381 Å². The predicted molar refractivity (Wildman–Crippen MR) is 274 cm³/mol. The van der Waals surface area contributed by atoms with Gasteiger partial charge < -0.3 is 9.47 Å². The first-order chi connectivity index (χ1) is 32.0. The molecule has 0 bridgehead atoms. The van der Waals surface area contributed by atoms with Crippen molar-refractivity contribution in [1.82, 2.24) is 4.57 Å². The summed E-state index contributed by atoms with van der Waals surface area (Å²) in [7, 11) is 0. The Morgan fingerprint density at radius 2 is 0.938 bits per heavy atom. The number of aromatic nitrogens is 1. The average Bonchev–Trinajstić information content (AvgIpc) is 3.71. The highest BCUT2D eigenvalue weighted by Crippen LogP contribution is 2.56. The highest BCUT2D eigenvalue weighted by atomic mass is 15.1. The van der Waals surface area contributed by atoms with Crippen molar-refractivity contribution < 1.29 is 0 Å². The maximum Gasteiger partial charge on any atom is 0.0706 e. The Hall–Kier alpha value is -7.94. The van der Waals surface area contributed by atoms with Crippen LogP contribution in [0, 0.1) is 6.92 Å². The minimum absolute atomic E-state index is 0.491. The molecular weight excluding hydrogens is 785 g/mol. The first-order valence-corrected chi connectivity index (χ1v) is 22.9. The van der Waals surface area contributed by atoms with Crippen LogP contribution in [0.3, 0.4) is 0 Å². The van der Waals surface area contributed by atoms with E-state index in [0.717, 1.165) is 29.9 Å². The first kappa shape index (κ1) is 38.7. The fourth-order valence-corrected chi connectivity index (χ4v) is 10.7. The van der Waals surface area contributed by atoms with Crippen LogP contribution >= 0.6 is 0 Å². The van der Waals surface area contributed by atoms with Crippen molar-refractivity contribution in [3.8, 4) is 39.1 Å². The van der Waals surface area contributed by atoms with Gasteiger partial charge in [0.15, 0.2) is 0 Å². The third-order valence-corrected chi connectivity index (χ3v) is 14.0. The lowest BCUT2D eigenvalue weighted by Crippen LogP contribution is -2.36. The summed E-state index contributed by atoms with van der Waals surface area (Å²) in [5.41, 5.74) is 21.9. The Kier molecular flexibility index (Phi) is 9.35. The molecule has 0 amide bonds. The SMILES string of the molecule is CC1=CC=C(C2(c3ccc(C)cc3)c3cc(-c4ccc(N(c5ccc(-c6ccccc6)cc5)c5ccc(-c6ccccc6)cc5)cc4)ccc3-n3c4ccccc4c4cccc2c43)CC1. The predicted octanol–water partition coefficient (Wildman–Crippen LogP) is 16.9. The van der Waals surface area contributed by atoms with Gasteiger partial charge in [-0.25, -0.2) is 0 Å². The first-order valence-electron chi connectivity index (χ1n) is 22.9. The van der Waals surface area contributed by atoms with Crippen LogP contribution in [0.15, 0.2) is 242 Å². The van der Waals surface area contributed by atoms with Crippen LogP contribution in [0.2, 0.25) is 0 Å². The zero-order chi connectivity index (χ0) is 43.5. The zero-order valence-electron chi connectivity index (χ0n) is 36.7. The summed E-state index contributed by atoms with van der Waals surface area (Å²) < 4.78 is 2.54. The van der Waals surface area contributed by atoms with Crippen molar-refractivity contribution in [2.45, 2.75) is 32.1 Å². The number of hydrogen-bond acceptors (Lipinski definition) is 1. The maximum absolute atomic E-state index is 2.54. The lowest BCUT2D eigenvalue weighted by molar-refractivity contribution is 0.659. The molecule has 2 heterocycles. The minimum Gasteiger partial charge on any atom is -0.311 e. The Balaban J connectivity index is 1.02. The van der Waals surface area contributed by atoms with Crippen LogP contribution in [0.5, 0.6) is 0 Å². The van der Waals surface area contributed by atoms with Gasteiger partial charge in [-0.3, -0.25) is 0 Å². The number of rotatable bonds is 8. The number of anilines is 3. The van der Waals surface area contributed by atoms with Crippen LogP contribution in [-0.2, 0) is 5.41 Å². The second kappa shape index (κ2) is 15.7. The highest BCUT2D eigenvalue weighted by Gasteiger charge is 2.46. The van der Waals surface area contributed by atoms with E-state index in [2.05, 4.69) is 254 Å². The lowest BCUT2D eigenvalue weighted by atomic mass is 9.60. The van der Waals surface area contributed by atoms with E-state index < -0.39 is 5.41 Å². The third-order valence-electron chi connectivity index (χ3n) is 14.0. The number of allylic oxidation sites excluding steroid dienone is 4. The highest BCUT2D eigenvalue weighted by molar-refractivity contribution is 6.12. The fourth-order valence-electron chi connectivity index (χ4n) is 10.7. The fraction of sp³-hybridized carbons (Fsp3) is 0.0794. The van der Waals surface area contributed by atoms with Gasteiger partial charge >= 0.3 is 0 Å². The topological polar surface area (TPSA) is 8.17 Å². The van der Waals surface area contributed by atoms with E-state index in [-0.39, 0.29) is 0 Å². The molecule has 1 aliphatic carbocycles. The van der Waals surface area contributed by atoms with Crippen LogP contribution in [0.1, 0.15) is 42.0 Å². The van der Waals surface area contributed by atoms with Gasteiger partial charge in [-0.15, -0.1) is 0 Å². The van der Waals surface area contributed by atoms with Crippen LogP contribution in [-0.4, -0.2) is 4.57 Å². The van der Waals surface area contributed by atoms with Crippen LogP contribution < -0.4 is 4.90 Å². The standard InChI is InChI=1S/C63H48N2/c1-43-20-31-51(32-21-43)63(52-33-22-44(2)23-34-52)58-18-11-17-57-56-16-9-10-19-60(56)65(62(57)58)61-41-30-50(42-59(61)63)49-28-39-55(40-29-49)64(53-35-24-47(25-36-53)45-12-5-3-6-13-45)54-37-26-48(27-38-54)46-14-7-4-8-15-46/h3-22,24-33,35-42H,23,34H2,1-2H3. The van der Waals surface area contributed by atoms with Crippen molar-refractivity contribution in [1.29, 1.82) is 0 Å². The molecule has 10 aromatic rings. The van der Waals surface area contributed by atoms with E-state index in [1.54, 1.807) is 0 Å². The number of aryl methyl sites for hydroxylation is 1. The molecule has 2 aliphatic rings. The van der Waals surface area contributed by atoms with Gasteiger partial charge in [0.1, 0.15) is 0 Å². The molecule has 65 heavy (non-hydrogen) atoms. The van der Waals surface area contributed by atoms with Gasteiger partial charge in [-0.2, -0.15) is 0 Å². The molecule has 0 fully saturated rings. The quantitative estimate of drug-likeness (QED) is 0.148. The summed E-state index contributed by atoms with van der Waals surface area (Å²) in [4.78, 5) is 2.37. The molecule has 0 saturated carbocycles. The molecular formula is C63H48N2. The minimum atomic E-state index is -0.491. The van der Waals surface area contributed by atoms with Gasteiger partial charge in [0.2, 0.25) is 0 Å². The van der Waals surface area contributed by atoms with Crippen molar-refractivity contribution in [2.24, 2.45) is 0 Å². The van der Waals surface area contributed by atoms with E-state index in [1.165, 1.54) is 94.3 Å². The Bertz CT molecular complexity index is 3360. The van der Waals surface area contributed by atoms with Crippen LogP contribution in [0.4, 0.5) is 17.1 Å². The smallest absolute Gasteiger partial charge is 0.0706 e. The summed E-state index contributed by atoms with van der Waals surface area (Å²) >= 11 is 0. The number of benzene rings is 9. The molecule has 310 valence electrons.